The van der Waals surface area contributed by atoms with E-state index < -0.39 is 5.97 Å². The van der Waals surface area contributed by atoms with Gasteiger partial charge in [-0.15, -0.1) is 0 Å². The highest BCUT2D eigenvalue weighted by atomic mass is 79.9. The van der Waals surface area contributed by atoms with Crippen LogP contribution in [0.5, 0.6) is 0 Å². The Morgan fingerprint density at radius 3 is 2.76 bits per heavy atom. The number of benzene rings is 1. The van der Waals surface area contributed by atoms with Gasteiger partial charge < -0.3 is 5.11 Å². The Balaban J connectivity index is 2.24. The number of thioether (sulfide) groups is 1. The summed E-state index contributed by atoms with van der Waals surface area (Å²) >= 11 is 4.57. The summed E-state index contributed by atoms with van der Waals surface area (Å²) in [6, 6.07) is 7.75. The van der Waals surface area contributed by atoms with Gasteiger partial charge in [0.2, 0.25) is 0 Å². The third-order valence-corrected chi connectivity index (χ3v) is 3.52. The molecule has 0 bridgehead atoms. The average molecular weight is 313 g/mol. The van der Waals surface area contributed by atoms with Crippen LogP contribution < -0.4 is 0 Å². The highest BCUT2D eigenvalue weighted by Crippen LogP contribution is 2.21. The number of aliphatic carboxylic acids is 1. The van der Waals surface area contributed by atoms with Crippen LogP contribution in [0.1, 0.15) is 0 Å². The van der Waals surface area contributed by atoms with Crippen molar-refractivity contribution < 1.29 is 9.90 Å². The van der Waals surface area contributed by atoms with Gasteiger partial charge in [0.1, 0.15) is 0 Å². The zero-order chi connectivity index (χ0) is 12.3. The zero-order valence-corrected chi connectivity index (χ0v) is 11.1. The van der Waals surface area contributed by atoms with E-state index in [1.54, 1.807) is 6.20 Å². The summed E-state index contributed by atoms with van der Waals surface area (Å²) in [6.45, 7) is 0. The van der Waals surface area contributed by atoms with E-state index in [2.05, 4.69) is 20.9 Å². The first-order valence-electron chi connectivity index (χ1n) is 4.80. The molecule has 0 atom stereocenters. The van der Waals surface area contributed by atoms with Crippen LogP contribution >= 0.6 is 27.7 Å². The van der Waals surface area contributed by atoms with Crippen molar-refractivity contribution in [2.45, 2.75) is 5.16 Å². The maximum Gasteiger partial charge on any atom is 0.313 e. The maximum atomic E-state index is 10.5. The lowest BCUT2D eigenvalue weighted by molar-refractivity contribution is -0.133. The normalized spacial score (nSPS) is 10.4. The summed E-state index contributed by atoms with van der Waals surface area (Å²) in [7, 11) is 0. The van der Waals surface area contributed by atoms with Gasteiger partial charge in [0, 0.05) is 22.6 Å². The van der Waals surface area contributed by atoms with Crippen molar-refractivity contribution >= 4 is 33.7 Å². The molecule has 17 heavy (non-hydrogen) atoms. The highest BCUT2D eigenvalue weighted by molar-refractivity contribution is 9.10. The summed E-state index contributed by atoms with van der Waals surface area (Å²) in [5.41, 5.74) is 0.957. The molecule has 2 aromatic rings. The smallest absolute Gasteiger partial charge is 0.313 e. The monoisotopic (exact) mass is 312 g/mol. The Bertz CT molecular complexity index is 525. The summed E-state index contributed by atoms with van der Waals surface area (Å²) in [5, 5.41) is 9.32. The molecule has 0 aliphatic rings. The van der Waals surface area contributed by atoms with Gasteiger partial charge in [0.15, 0.2) is 5.16 Å². The van der Waals surface area contributed by atoms with E-state index in [1.165, 1.54) is 11.8 Å². The number of rotatable bonds is 4. The number of carboxylic acid groups (broad SMARTS) is 1. The molecule has 0 unspecified atom stereocenters. The fraction of sp³-hybridized carbons (Fsp3) is 0.0909. The second kappa shape index (κ2) is 5.37. The molecule has 0 saturated heterocycles. The molecule has 2 rings (SSSR count). The standard InChI is InChI=1S/C11H9BrN2O2S/c12-8-1-3-9(4-2-8)14-6-5-13-11(14)17-7-10(15)16/h1-6H,7H2,(H,15,16). The minimum atomic E-state index is -0.847. The number of hydrogen-bond acceptors (Lipinski definition) is 3. The van der Waals surface area contributed by atoms with Gasteiger partial charge in [0.25, 0.3) is 0 Å². The third kappa shape index (κ3) is 3.10. The van der Waals surface area contributed by atoms with Crippen molar-refractivity contribution in [1.82, 2.24) is 9.55 Å². The van der Waals surface area contributed by atoms with Gasteiger partial charge in [-0.25, -0.2) is 4.98 Å². The largest absolute Gasteiger partial charge is 0.481 e. The van der Waals surface area contributed by atoms with E-state index in [0.29, 0.717) is 5.16 Å². The quantitative estimate of drug-likeness (QED) is 0.882. The van der Waals surface area contributed by atoms with E-state index in [-0.39, 0.29) is 5.75 Å². The van der Waals surface area contributed by atoms with Crippen LogP contribution in [-0.2, 0) is 4.79 Å². The zero-order valence-electron chi connectivity index (χ0n) is 8.71. The minimum absolute atomic E-state index is 0.00748. The SMILES string of the molecule is O=C(O)CSc1nccn1-c1ccc(Br)cc1. The molecule has 88 valence electrons. The van der Waals surface area contributed by atoms with Crippen LogP contribution in [0.15, 0.2) is 46.3 Å². The molecule has 0 amide bonds. The highest BCUT2D eigenvalue weighted by Gasteiger charge is 2.07. The summed E-state index contributed by atoms with van der Waals surface area (Å²) < 4.78 is 2.86. The topological polar surface area (TPSA) is 55.1 Å². The molecule has 0 spiro atoms. The number of imidazole rings is 1. The number of carbonyl (C=O) groups is 1. The summed E-state index contributed by atoms with van der Waals surface area (Å²) in [6.07, 6.45) is 3.47. The van der Waals surface area contributed by atoms with Crippen molar-refractivity contribution in [2.24, 2.45) is 0 Å². The number of nitrogens with zero attached hydrogens (tertiary/aromatic N) is 2. The first kappa shape index (κ1) is 12.2. The van der Waals surface area contributed by atoms with Gasteiger partial charge in [-0.1, -0.05) is 27.7 Å². The van der Waals surface area contributed by atoms with Crippen molar-refractivity contribution in [3.63, 3.8) is 0 Å². The average Bonchev–Trinajstić information content (AvgIpc) is 2.75. The molecule has 6 heteroatoms. The summed E-state index contributed by atoms with van der Waals surface area (Å²) in [4.78, 5) is 14.7. The van der Waals surface area contributed by atoms with Gasteiger partial charge in [-0.05, 0) is 24.3 Å². The third-order valence-electron chi connectivity index (χ3n) is 2.04. The van der Waals surface area contributed by atoms with Crippen LogP contribution in [0.25, 0.3) is 5.69 Å². The van der Waals surface area contributed by atoms with Crippen LogP contribution in [0, 0.1) is 0 Å². The number of halogens is 1. The second-order valence-corrected chi connectivity index (χ2v) is 5.10. The lowest BCUT2D eigenvalue weighted by Gasteiger charge is -2.06. The Morgan fingerprint density at radius 2 is 2.12 bits per heavy atom. The molecule has 1 heterocycles. The number of hydrogen-bond donors (Lipinski definition) is 1. The first-order chi connectivity index (χ1) is 8.16. The van der Waals surface area contributed by atoms with Gasteiger partial charge in [-0.2, -0.15) is 0 Å². The molecule has 1 aromatic heterocycles. The number of aromatic nitrogens is 2. The second-order valence-electron chi connectivity index (χ2n) is 3.24. The van der Waals surface area contributed by atoms with Crippen molar-refractivity contribution in [3.05, 3.63) is 41.1 Å². The minimum Gasteiger partial charge on any atom is -0.481 e. The lowest BCUT2D eigenvalue weighted by atomic mass is 10.3. The van der Waals surface area contributed by atoms with E-state index >= 15 is 0 Å². The van der Waals surface area contributed by atoms with Crippen LogP contribution in [0.3, 0.4) is 0 Å². The van der Waals surface area contributed by atoms with Crippen molar-refractivity contribution in [1.29, 1.82) is 0 Å². The Labute approximate surface area is 111 Å². The van der Waals surface area contributed by atoms with E-state index in [1.807, 2.05) is 35.0 Å². The van der Waals surface area contributed by atoms with Gasteiger partial charge in [-0.3, -0.25) is 9.36 Å². The number of carboxylic acids is 1. The Morgan fingerprint density at radius 1 is 1.41 bits per heavy atom. The summed E-state index contributed by atoms with van der Waals surface area (Å²) in [5.74, 6) is -0.839. The van der Waals surface area contributed by atoms with Crippen LogP contribution in [-0.4, -0.2) is 26.4 Å². The van der Waals surface area contributed by atoms with Gasteiger partial charge in [0.05, 0.1) is 5.75 Å². The van der Waals surface area contributed by atoms with E-state index in [4.69, 9.17) is 5.11 Å². The maximum absolute atomic E-state index is 10.5. The Kier molecular flexibility index (Phi) is 3.86. The van der Waals surface area contributed by atoms with Crippen molar-refractivity contribution in [3.8, 4) is 5.69 Å². The molecule has 1 aromatic carbocycles. The molecule has 0 fully saturated rings. The Hall–Kier alpha value is -1.27. The molecule has 4 nitrogen and oxygen atoms in total. The van der Waals surface area contributed by atoms with E-state index in [0.717, 1.165) is 10.2 Å². The molecule has 1 N–H and O–H groups in total. The molecule has 0 radical (unpaired) electrons. The molecule has 0 aliphatic heterocycles. The predicted octanol–water partition coefficient (Wildman–Crippen LogP) is 2.81. The lowest BCUT2D eigenvalue weighted by Crippen LogP contribution is -2.01. The predicted molar refractivity (Wildman–Crippen MR) is 69.6 cm³/mol. The molecule has 0 saturated carbocycles. The van der Waals surface area contributed by atoms with Gasteiger partial charge >= 0.3 is 5.97 Å². The van der Waals surface area contributed by atoms with E-state index in [9.17, 15) is 4.79 Å². The van der Waals surface area contributed by atoms with Crippen LogP contribution in [0.2, 0.25) is 0 Å². The van der Waals surface area contributed by atoms with Crippen molar-refractivity contribution in [2.75, 3.05) is 5.75 Å². The molecular formula is C11H9BrN2O2S. The fourth-order valence-corrected chi connectivity index (χ4v) is 2.28. The first-order valence-corrected chi connectivity index (χ1v) is 6.58. The van der Waals surface area contributed by atoms with Crippen LogP contribution in [0.4, 0.5) is 0 Å². The fourth-order valence-electron chi connectivity index (χ4n) is 1.32. The molecule has 0 aliphatic carbocycles. The molecular weight excluding hydrogens is 304 g/mol.